The number of aryl methyl sites for hydroxylation is 1. The molecule has 0 atom stereocenters. The standard InChI is InChI=1S/C21H19ClN2O3S/c1-15-13-16(11-12-23-15)3-4-17-5-6-18(22)14-21(17)24-28(25,26)20-9-7-19(27-2)8-10-20/h3-14,24H,1-2H3/b4-3+. The highest BCUT2D eigenvalue weighted by molar-refractivity contribution is 7.92. The number of aromatic nitrogens is 1. The molecule has 0 radical (unpaired) electrons. The van der Waals surface area contributed by atoms with Crippen molar-refractivity contribution in [2.45, 2.75) is 11.8 Å². The molecule has 0 aliphatic carbocycles. The number of hydrogen-bond acceptors (Lipinski definition) is 4. The smallest absolute Gasteiger partial charge is 0.261 e. The maximum absolute atomic E-state index is 12.8. The largest absolute Gasteiger partial charge is 0.497 e. The van der Waals surface area contributed by atoms with Gasteiger partial charge in [0.2, 0.25) is 0 Å². The number of nitrogens with one attached hydrogen (secondary N) is 1. The van der Waals surface area contributed by atoms with Crippen LogP contribution >= 0.6 is 11.6 Å². The van der Waals surface area contributed by atoms with Gasteiger partial charge in [0.15, 0.2) is 0 Å². The quantitative estimate of drug-likeness (QED) is 0.614. The van der Waals surface area contributed by atoms with Crippen molar-refractivity contribution in [3.05, 3.63) is 82.6 Å². The molecule has 3 aromatic rings. The number of anilines is 1. The Labute approximate surface area is 169 Å². The molecule has 0 aliphatic heterocycles. The minimum atomic E-state index is -3.78. The number of nitrogens with zero attached hydrogens (tertiary/aromatic N) is 1. The number of halogens is 1. The van der Waals surface area contributed by atoms with Gasteiger partial charge in [-0.3, -0.25) is 9.71 Å². The van der Waals surface area contributed by atoms with Crippen LogP contribution in [0.1, 0.15) is 16.8 Å². The van der Waals surface area contributed by atoms with E-state index in [1.807, 2.05) is 31.2 Å². The van der Waals surface area contributed by atoms with Gasteiger partial charge in [-0.1, -0.05) is 29.8 Å². The first-order chi connectivity index (χ1) is 13.4. The van der Waals surface area contributed by atoms with Gasteiger partial charge in [0.25, 0.3) is 10.0 Å². The topological polar surface area (TPSA) is 68.3 Å². The highest BCUT2D eigenvalue weighted by Gasteiger charge is 2.16. The van der Waals surface area contributed by atoms with Gasteiger partial charge in [0, 0.05) is 16.9 Å². The van der Waals surface area contributed by atoms with Crippen molar-refractivity contribution in [2.75, 3.05) is 11.8 Å². The normalized spacial score (nSPS) is 11.5. The Morgan fingerprint density at radius 2 is 1.79 bits per heavy atom. The van der Waals surface area contributed by atoms with Gasteiger partial charge in [0.05, 0.1) is 17.7 Å². The molecule has 0 unspecified atom stereocenters. The van der Waals surface area contributed by atoms with Crippen LogP contribution in [0, 0.1) is 6.92 Å². The van der Waals surface area contributed by atoms with Crippen molar-refractivity contribution in [1.29, 1.82) is 0 Å². The van der Waals surface area contributed by atoms with Gasteiger partial charge in [-0.05, 0) is 66.6 Å². The Bertz CT molecular complexity index is 1110. The molecule has 28 heavy (non-hydrogen) atoms. The Balaban J connectivity index is 1.91. The summed E-state index contributed by atoms with van der Waals surface area (Å²) in [6, 6.07) is 15.0. The molecule has 1 N–H and O–H groups in total. The maximum Gasteiger partial charge on any atom is 0.261 e. The molecule has 3 rings (SSSR count). The minimum absolute atomic E-state index is 0.132. The van der Waals surface area contributed by atoms with Crippen molar-refractivity contribution < 1.29 is 13.2 Å². The first-order valence-electron chi connectivity index (χ1n) is 8.44. The predicted octanol–water partition coefficient (Wildman–Crippen LogP) is 5.02. The Morgan fingerprint density at radius 3 is 2.46 bits per heavy atom. The average Bonchev–Trinajstić information content (AvgIpc) is 2.67. The number of pyridine rings is 1. The summed E-state index contributed by atoms with van der Waals surface area (Å²) in [6.45, 7) is 1.91. The van der Waals surface area contributed by atoms with Crippen LogP contribution in [0.5, 0.6) is 5.75 Å². The van der Waals surface area contributed by atoms with Crippen LogP contribution in [0.4, 0.5) is 5.69 Å². The van der Waals surface area contributed by atoms with Gasteiger partial charge < -0.3 is 4.74 Å². The molecule has 0 saturated carbocycles. The summed E-state index contributed by atoms with van der Waals surface area (Å²) in [5, 5.41) is 0.435. The van der Waals surface area contributed by atoms with Gasteiger partial charge in [-0.2, -0.15) is 0 Å². The lowest BCUT2D eigenvalue weighted by Crippen LogP contribution is -2.13. The fourth-order valence-corrected chi connectivity index (χ4v) is 3.83. The Morgan fingerprint density at radius 1 is 1.04 bits per heavy atom. The summed E-state index contributed by atoms with van der Waals surface area (Å²) in [5.41, 5.74) is 2.95. The van der Waals surface area contributed by atoms with Crippen LogP contribution in [-0.4, -0.2) is 20.5 Å². The first-order valence-corrected chi connectivity index (χ1v) is 10.3. The van der Waals surface area contributed by atoms with Crippen LogP contribution in [-0.2, 0) is 10.0 Å². The Kier molecular flexibility index (Phi) is 6.02. The van der Waals surface area contributed by atoms with E-state index in [0.29, 0.717) is 22.0 Å². The maximum atomic E-state index is 12.8. The highest BCUT2D eigenvalue weighted by Crippen LogP contribution is 2.26. The van der Waals surface area contributed by atoms with E-state index in [1.165, 1.54) is 19.2 Å². The van der Waals surface area contributed by atoms with Gasteiger partial charge in [-0.25, -0.2) is 8.42 Å². The Hall–Kier alpha value is -2.83. The molecule has 7 heteroatoms. The first kappa shape index (κ1) is 19.9. The zero-order chi connectivity index (χ0) is 20.1. The molecule has 0 spiro atoms. The molecule has 0 bridgehead atoms. The molecule has 2 aromatic carbocycles. The molecular weight excluding hydrogens is 396 g/mol. The van der Waals surface area contributed by atoms with Crippen LogP contribution in [0.15, 0.2) is 65.7 Å². The third kappa shape index (κ3) is 4.91. The molecule has 1 aromatic heterocycles. The summed E-state index contributed by atoms with van der Waals surface area (Å²) in [4.78, 5) is 4.30. The fourth-order valence-electron chi connectivity index (χ4n) is 2.58. The molecular formula is C21H19ClN2O3S. The van der Waals surface area contributed by atoms with Crippen molar-refractivity contribution in [3.63, 3.8) is 0 Å². The van der Waals surface area contributed by atoms with Gasteiger partial charge >= 0.3 is 0 Å². The lowest BCUT2D eigenvalue weighted by Gasteiger charge is -2.12. The summed E-state index contributed by atoms with van der Waals surface area (Å²) in [5.74, 6) is 0.581. The van der Waals surface area contributed by atoms with E-state index in [0.717, 1.165) is 11.3 Å². The van der Waals surface area contributed by atoms with E-state index in [9.17, 15) is 8.42 Å². The minimum Gasteiger partial charge on any atom is -0.497 e. The van der Waals surface area contributed by atoms with E-state index in [4.69, 9.17) is 16.3 Å². The summed E-state index contributed by atoms with van der Waals surface area (Å²) in [6.07, 6.45) is 5.45. The van der Waals surface area contributed by atoms with E-state index < -0.39 is 10.0 Å². The summed E-state index contributed by atoms with van der Waals surface area (Å²) < 4.78 is 33.2. The molecule has 0 aliphatic rings. The third-order valence-electron chi connectivity index (χ3n) is 4.01. The van der Waals surface area contributed by atoms with E-state index in [2.05, 4.69) is 9.71 Å². The van der Waals surface area contributed by atoms with Crippen LogP contribution < -0.4 is 9.46 Å². The number of sulfonamides is 1. The van der Waals surface area contributed by atoms with E-state index >= 15 is 0 Å². The van der Waals surface area contributed by atoms with Crippen molar-refractivity contribution in [3.8, 4) is 5.75 Å². The zero-order valence-electron chi connectivity index (χ0n) is 15.4. The predicted molar refractivity (Wildman–Crippen MR) is 113 cm³/mol. The number of methoxy groups -OCH3 is 1. The SMILES string of the molecule is COc1ccc(S(=O)(=O)Nc2cc(Cl)ccc2/C=C/c2ccnc(C)c2)cc1. The monoisotopic (exact) mass is 414 g/mol. The highest BCUT2D eigenvalue weighted by atomic mass is 35.5. The molecule has 5 nitrogen and oxygen atoms in total. The van der Waals surface area contributed by atoms with Crippen molar-refractivity contribution in [1.82, 2.24) is 4.98 Å². The second-order valence-electron chi connectivity index (χ2n) is 6.08. The van der Waals surface area contributed by atoms with Crippen LogP contribution in [0.25, 0.3) is 12.2 Å². The zero-order valence-corrected chi connectivity index (χ0v) is 17.0. The second-order valence-corrected chi connectivity index (χ2v) is 8.20. The number of hydrogen-bond donors (Lipinski definition) is 1. The molecule has 0 saturated heterocycles. The molecule has 144 valence electrons. The van der Waals surface area contributed by atoms with Crippen molar-refractivity contribution in [2.24, 2.45) is 0 Å². The number of rotatable bonds is 6. The molecule has 0 fully saturated rings. The van der Waals surface area contributed by atoms with Crippen LogP contribution in [0.3, 0.4) is 0 Å². The van der Waals surface area contributed by atoms with E-state index in [1.54, 1.807) is 36.5 Å². The lowest BCUT2D eigenvalue weighted by molar-refractivity contribution is 0.414. The molecule has 0 amide bonds. The summed E-state index contributed by atoms with van der Waals surface area (Å²) >= 11 is 6.09. The second kappa shape index (κ2) is 8.46. The molecule has 1 heterocycles. The fraction of sp³-hybridized carbons (Fsp3) is 0.0952. The summed E-state index contributed by atoms with van der Waals surface area (Å²) in [7, 11) is -2.25. The van der Waals surface area contributed by atoms with Gasteiger partial charge in [-0.15, -0.1) is 0 Å². The average molecular weight is 415 g/mol. The van der Waals surface area contributed by atoms with E-state index in [-0.39, 0.29) is 4.90 Å². The van der Waals surface area contributed by atoms with Crippen LogP contribution in [0.2, 0.25) is 5.02 Å². The van der Waals surface area contributed by atoms with Gasteiger partial charge in [0.1, 0.15) is 5.75 Å². The number of ether oxygens (including phenoxy) is 1. The van der Waals surface area contributed by atoms with Crippen molar-refractivity contribution >= 4 is 39.5 Å². The third-order valence-corrected chi connectivity index (χ3v) is 5.62. The lowest BCUT2D eigenvalue weighted by atomic mass is 10.1. The number of benzene rings is 2.